The Bertz CT molecular complexity index is 916. The minimum atomic E-state index is -0.937. The van der Waals surface area contributed by atoms with Gasteiger partial charge in [-0.2, -0.15) is 0 Å². The topological polar surface area (TPSA) is 108 Å². The summed E-state index contributed by atoms with van der Waals surface area (Å²) in [5.41, 5.74) is 1.58. The minimum absolute atomic E-state index is 0.114. The van der Waals surface area contributed by atoms with E-state index in [1.165, 1.54) is 0 Å². The van der Waals surface area contributed by atoms with Crippen molar-refractivity contribution in [1.29, 1.82) is 0 Å². The molecule has 9 heteroatoms. The normalized spacial score (nSPS) is 29.8. The maximum atomic E-state index is 13.0. The molecule has 9 nitrogen and oxygen atoms in total. The second-order valence-electron chi connectivity index (χ2n) is 7.93. The van der Waals surface area contributed by atoms with Gasteiger partial charge in [0, 0.05) is 38.6 Å². The number of imide groups is 2. The highest BCUT2D eigenvalue weighted by Crippen LogP contribution is 2.29. The summed E-state index contributed by atoms with van der Waals surface area (Å²) >= 11 is 0. The van der Waals surface area contributed by atoms with E-state index in [1.807, 2.05) is 6.07 Å². The second kappa shape index (κ2) is 7.01. The number of rotatable bonds is 3. The summed E-state index contributed by atoms with van der Waals surface area (Å²) in [5, 5.41) is 5.56. The lowest BCUT2D eigenvalue weighted by Crippen LogP contribution is -2.54. The molecule has 5 rings (SSSR count). The fourth-order valence-electron chi connectivity index (χ4n) is 4.71. The van der Waals surface area contributed by atoms with Gasteiger partial charge in [0.2, 0.25) is 11.8 Å². The molecule has 3 saturated heterocycles. The zero-order chi connectivity index (χ0) is 20.1. The third-order valence-electron chi connectivity index (χ3n) is 6.20. The van der Waals surface area contributed by atoms with Crippen LogP contribution in [-0.4, -0.2) is 77.9 Å². The van der Waals surface area contributed by atoms with E-state index in [0.717, 1.165) is 30.1 Å². The third kappa shape index (κ3) is 3.06. The number of benzene rings is 1. The van der Waals surface area contributed by atoms with E-state index in [4.69, 9.17) is 4.74 Å². The molecule has 4 amide bonds. The molecule has 0 aliphatic carbocycles. The maximum Gasteiger partial charge on any atom is 0.262 e. The van der Waals surface area contributed by atoms with Crippen LogP contribution in [0, 0.1) is 0 Å². The number of piperidine rings is 1. The Kier molecular flexibility index (Phi) is 4.45. The molecular weight excluding hydrogens is 376 g/mol. The van der Waals surface area contributed by atoms with Gasteiger partial charge < -0.3 is 10.1 Å². The summed E-state index contributed by atoms with van der Waals surface area (Å²) < 4.78 is 5.80. The maximum absolute atomic E-state index is 13.0. The Labute approximate surface area is 167 Å². The van der Waals surface area contributed by atoms with Crippen molar-refractivity contribution in [2.45, 2.75) is 37.6 Å². The van der Waals surface area contributed by atoms with Crippen LogP contribution in [0.1, 0.15) is 39.1 Å². The predicted octanol–water partition coefficient (Wildman–Crippen LogP) is -0.740. The van der Waals surface area contributed by atoms with Crippen LogP contribution in [0.2, 0.25) is 0 Å². The van der Waals surface area contributed by atoms with E-state index in [-0.39, 0.29) is 24.9 Å². The fourth-order valence-corrected chi connectivity index (χ4v) is 4.71. The standard InChI is InChI=1S/C20H22N4O5/c25-17-4-3-14(18(26)22-17)24-19(27)12-2-1-11(7-13(12)20(24)28)10-23-5-6-29-16-9-21-8-15(16)23/h1-2,7,14-16,21H,3-6,8-10H2,(H,22,25,26)/t14?,15-,16+/m0/s1. The Morgan fingerprint density at radius 1 is 1.07 bits per heavy atom. The van der Waals surface area contributed by atoms with Crippen molar-refractivity contribution in [3.05, 3.63) is 34.9 Å². The molecule has 29 heavy (non-hydrogen) atoms. The number of hydrogen-bond acceptors (Lipinski definition) is 7. The first-order valence-corrected chi connectivity index (χ1v) is 9.94. The Morgan fingerprint density at radius 3 is 2.72 bits per heavy atom. The van der Waals surface area contributed by atoms with Crippen LogP contribution >= 0.6 is 0 Å². The molecule has 0 saturated carbocycles. The van der Waals surface area contributed by atoms with Gasteiger partial charge in [0.05, 0.1) is 23.8 Å². The molecular formula is C20H22N4O5. The van der Waals surface area contributed by atoms with Crippen LogP contribution in [-0.2, 0) is 20.9 Å². The number of nitrogens with one attached hydrogen (secondary N) is 2. The molecule has 1 aromatic rings. The van der Waals surface area contributed by atoms with Crippen LogP contribution in [0.25, 0.3) is 0 Å². The lowest BCUT2D eigenvalue weighted by atomic mass is 10.0. The lowest BCUT2D eigenvalue weighted by molar-refractivity contribution is -0.136. The Hall–Kier alpha value is -2.62. The molecule has 0 bridgehead atoms. The molecule has 3 fully saturated rings. The van der Waals surface area contributed by atoms with Gasteiger partial charge in [-0.1, -0.05) is 6.07 Å². The summed E-state index contributed by atoms with van der Waals surface area (Å²) in [6.07, 6.45) is 0.458. The van der Waals surface area contributed by atoms with Gasteiger partial charge >= 0.3 is 0 Å². The first-order valence-electron chi connectivity index (χ1n) is 9.94. The number of carbonyl (C=O) groups excluding carboxylic acids is 4. The van der Waals surface area contributed by atoms with Crippen molar-refractivity contribution in [3.8, 4) is 0 Å². The van der Waals surface area contributed by atoms with Crippen molar-refractivity contribution in [3.63, 3.8) is 0 Å². The highest BCUT2D eigenvalue weighted by molar-refractivity contribution is 6.23. The number of ether oxygens (including phenoxy) is 1. The van der Waals surface area contributed by atoms with Gasteiger partial charge in [-0.15, -0.1) is 0 Å². The number of hydrogen-bond donors (Lipinski definition) is 2. The average Bonchev–Trinajstić information content (AvgIpc) is 3.27. The fraction of sp³-hybridized carbons (Fsp3) is 0.500. The van der Waals surface area contributed by atoms with Crippen LogP contribution in [0.4, 0.5) is 0 Å². The molecule has 4 aliphatic rings. The van der Waals surface area contributed by atoms with Crippen molar-refractivity contribution in [1.82, 2.24) is 20.4 Å². The SMILES string of the molecule is O=C1CCC(N2C(=O)c3ccc(CN4CCO[C@@H]5CNC[C@@H]54)cc3C2=O)C(=O)N1. The lowest BCUT2D eigenvalue weighted by Gasteiger charge is -2.37. The van der Waals surface area contributed by atoms with Gasteiger partial charge in [-0.05, 0) is 24.1 Å². The summed E-state index contributed by atoms with van der Waals surface area (Å²) in [7, 11) is 0. The quantitative estimate of drug-likeness (QED) is 0.646. The summed E-state index contributed by atoms with van der Waals surface area (Å²) in [6, 6.07) is 4.66. The van der Waals surface area contributed by atoms with Crippen LogP contribution in [0.15, 0.2) is 18.2 Å². The zero-order valence-corrected chi connectivity index (χ0v) is 15.8. The number of amides is 4. The molecule has 1 unspecified atom stereocenters. The predicted molar refractivity (Wildman–Crippen MR) is 99.9 cm³/mol. The number of fused-ring (bicyclic) bond motifs is 2. The van der Waals surface area contributed by atoms with E-state index in [2.05, 4.69) is 15.5 Å². The molecule has 4 heterocycles. The molecule has 2 N–H and O–H groups in total. The van der Waals surface area contributed by atoms with Gasteiger partial charge in [-0.25, -0.2) is 0 Å². The van der Waals surface area contributed by atoms with Crippen LogP contribution < -0.4 is 10.6 Å². The molecule has 0 radical (unpaired) electrons. The third-order valence-corrected chi connectivity index (χ3v) is 6.20. The smallest absolute Gasteiger partial charge is 0.262 e. The Morgan fingerprint density at radius 2 is 1.90 bits per heavy atom. The highest BCUT2D eigenvalue weighted by atomic mass is 16.5. The largest absolute Gasteiger partial charge is 0.374 e. The molecule has 3 atom stereocenters. The van der Waals surface area contributed by atoms with Crippen LogP contribution in [0.3, 0.4) is 0 Å². The zero-order valence-electron chi connectivity index (χ0n) is 15.8. The minimum Gasteiger partial charge on any atom is -0.374 e. The van der Waals surface area contributed by atoms with E-state index < -0.39 is 23.8 Å². The summed E-state index contributed by atoms with van der Waals surface area (Å²) in [5.74, 6) is -1.92. The highest BCUT2D eigenvalue weighted by Gasteiger charge is 2.44. The molecule has 152 valence electrons. The second-order valence-corrected chi connectivity index (χ2v) is 7.93. The van der Waals surface area contributed by atoms with Gasteiger partial charge in [0.25, 0.3) is 11.8 Å². The van der Waals surface area contributed by atoms with Gasteiger partial charge in [0.1, 0.15) is 6.04 Å². The molecule has 0 aromatic heterocycles. The summed E-state index contributed by atoms with van der Waals surface area (Å²) in [4.78, 5) is 52.6. The van der Waals surface area contributed by atoms with Crippen molar-refractivity contribution in [2.75, 3.05) is 26.2 Å². The molecule has 1 aromatic carbocycles. The first-order chi connectivity index (χ1) is 14.0. The van der Waals surface area contributed by atoms with Crippen molar-refractivity contribution >= 4 is 23.6 Å². The van der Waals surface area contributed by atoms with Gasteiger partial charge in [0.15, 0.2) is 0 Å². The molecule has 0 spiro atoms. The molecule has 4 aliphatic heterocycles. The first kappa shape index (κ1) is 18.4. The van der Waals surface area contributed by atoms with Crippen molar-refractivity contribution in [2.24, 2.45) is 0 Å². The van der Waals surface area contributed by atoms with E-state index >= 15 is 0 Å². The average molecular weight is 398 g/mol. The van der Waals surface area contributed by atoms with E-state index in [1.54, 1.807) is 12.1 Å². The van der Waals surface area contributed by atoms with E-state index in [9.17, 15) is 19.2 Å². The Balaban J connectivity index is 1.37. The summed E-state index contributed by atoms with van der Waals surface area (Å²) in [6.45, 7) is 3.87. The number of nitrogens with zero attached hydrogens (tertiary/aromatic N) is 2. The van der Waals surface area contributed by atoms with Gasteiger partial charge in [-0.3, -0.25) is 34.3 Å². The van der Waals surface area contributed by atoms with Crippen LogP contribution in [0.5, 0.6) is 0 Å². The monoisotopic (exact) mass is 398 g/mol. The number of carbonyl (C=O) groups is 4. The van der Waals surface area contributed by atoms with E-state index in [0.29, 0.717) is 30.3 Å². The van der Waals surface area contributed by atoms with Crippen molar-refractivity contribution < 1.29 is 23.9 Å². The number of morpholine rings is 1.